The Labute approximate surface area is 124 Å². The molecule has 1 N–H and O–H groups in total. The zero-order valence-corrected chi connectivity index (χ0v) is 11.4. The molecule has 3 rings (SSSR count). The van der Waals surface area contributed by atoms with Crippen LogP contribution in [0.2, 0.25) is 0 Å². The Bertz CT molecular complexity index is 787. The number of nitrogens with zero attached hydrogens (tertiary/aromatic N) is 1. The van der Waals surface area contributed by atoms with Crippen molar-refractivity contribution >= 4 is 11.6 Å². The van der Waals surface area contributed by atoms with E-state index in [-0.39, 0.29) is 23.5 Å². The van der Waals surface area contributed by atoms with Gasteiger partial charge in [-0.1, -0.05) is 24.3 Å². The smallest absolute Gasteiger partial charge is 0.240 e. The second-order valence-corrected chi connectivity index (χ2v) is 4.89. The van der Waals surface area contributed by atoms with Crippen LogP contribution in [0.1, 0.15) is 18.4 Å². The van der Waals surface area contributed by atoms with Crippen LogP contribution in [0.3, 0.4) is 0 Å². The Hall–Kier alpha value is -2.63. The van der Waals surface area contributed by atoms with Crippen LogP contribution in [-0.2, 0) is 4.79 Å². The van der Waals surface area contributed by atoms with Crippen molar-refractivity contribution in [3.63, 3.8) is 0 Å². The molecule has 3 nitrogen and oxygen atoms in total. The fourth-order valence-corrected chi connectivity index (χ4v) is 2.31. The average molecular weight is 304 g/mol. The summed E-state index contributed by atoms with van der Waals surface area (Å²) in [6.07, 6.45) is 0.680. The minimum absolute atomic E-state index is 0.0267. The Morgan fingerprint density at radius 1 is 0.955 bits per heavy atom. The first-order valence-corrected chi connectivity index (χ1v) is 6.66. The topological polar surface area (TPSA) is 41.5 Å². The molecule has 6 heteroatoms. The van der Waals surface area contributed by atoms with E-state index in [0.717, 1.165) is 6.07 Å². The highest BCUT2D eigenvalue weighted by Crippen LogP contribution is 2.28. The Balaban J connectivity index is 1.99. The van der Waals surface area contributed by atoms with Crippen LogP contribution < -0.4 is 5.43 Å². The summed E-state index contributed by atoms with van der Waals surface area (Å²) in [5, 5.41) is 3.87. The second-order valence-electron chi connectivity index (χ2n) is 4.89. The molecule has 22 heavy (non-hydrogen) atoms. The highest BCUT2D eigenvalue weighted by Gasteiger charge is 2.17. The first-order valence-electron chi connectivity index (χ1n) is 6.66. The van der Waals surface area contributed by atoms with Gasteiger partial charge in [-0.2, -0.15) is 5.10 Å². The molecule has 2 aromatic carbocycles. The second kappa shape index (κ2) is 5.63. The molecule has 0 radical (unpaired) electrons. The molecule has 1 heterocycles. The van der Waals surface area contributed by atoms with Crippen molar-refractivity contribution in [1.82, 2.24) is 5.43 Å². The van der Waals surface area contributed by atoms with Crippen molar-refractivity contribution in [2.45, 2.75) is 12.8 Å². The van der Waals surface area contributed by atoms with Crippen LogP contribution >= 0.6 is 0 Å². The lowest BCUT2D eigenvalue weighted by Crippen LogP contribution is -2.25. The predicted octanol–water partition coefficient (Wildman–Crippen LogP) is 3.39. The summed E-state index contributed by atoms with van der Waals surface area (Å²) in [6.45, 7) is 0. The largest absolute Gasteiger partial charge is 0.273 e. The van der Waals surface area contributed by atoms with Gasteiger partial charge < -0.3 is 0 Å². The molecular weight excluding hydrogens is 293 g/mol. The normalized spacial score (nSPS) is 14.5. The van der Waals surface area contributed by atoms with Crippen LogP contribution in [0.25, 0.3) is 11.1 Å². The van der Waals surface area contributed by atoms with Gasteiger partial charge in [0.05, 0.1) is 5.71 Å². The van der Waals surface area contributed by atoms with Crippen LogP contribution in [0, 0.1) is 17.5 Å². The summed E-state index contributed by atoms with van der Waals surface area (Å²) in [4.78, 5) is 11.0. The number of halogens is 3. The number of benzene rings is 2. The molecule has 2 aromatic rings. The summed E-state index contributed by atoms with van der Waals surface area (Å²) >= 11 is 0. The van der Waals surface area contributed by atoms with E-state index in [0.29, 0.717) is 17.7 Å². The first kappa shape index (κ1) is 14.3. The van der Waals surface area contributed by atoms with Gasteiger partial charge in [-0.05, 0) is 12.1 Å². The molecule has 0 bridgehead atoms. The Morgan fingerprint density at radius 3 is 2.45 bits per heavy atom. The van der Waals surface area contributed by atoms with Gasteiger partial charge in [0.1, 0.15) is 5.82 Å². The van der Waals surface area contributed by atoms with Gasteiger partial charge in [0, 0.05) is 29.5 Å². The standard InChI is InChI=1S/C16H11F3N2O/c17-12-3-1-2-11(16(12)19)10-5-4-9(8-13(10)18)14-6-7-15(22)21-20-14/h1-5,8H,6-7H2,(H,21,22). The minimum atomic E-state index is -1.09. The maximum absolute atomic E-state index is 14.2. The van der Waals surface area contributed by atoms with Crippen molar-refractivity contribution in [2.24, 2.45) is 5.10 Å². The molecule has 1 amide bonds. The van der Waals surface area contributed by atoms with Crippen LogP contribution in [-0.4, -0.2) is 11.6 Å². The SMILES string of the molecule is O=C1CCC(c2ccc(-c3cccc(F)c3F)c(F)c2)=NN1. The van der Waals surface area contributed by atoms with Crippen LogP contribution in [0.15, 0.2) is 41.5 Å². The highest BCUT2D eigenvalue weighted by molar-refractivity contribution is 6.04. The van der Waals surface area contributed by atoms with Crippen molar-refractivity contribution in [3.05, 3.63) is 59.4 Å². The summed E-state index contributed by atoms with van der Waals surface area (Å²) in [6, 6.07) is 7.76. The van der Waals surface area contributed by atoms with Crippen molar-refractivity contribution < 1.29 is 18.0 Å². The zero-order chi connectivity index (χ0) is 15.7. The number of hydrogen-bond acceptors (Lipinski definition) is 2. The van der Waals surface area contributed by atoms with E-state index in [4.69, 9.17) is 0 Å². The third-order valence-corrected chi connectivity index (χ3v) is 3.45. The number of hydrogen-bond donors (Lipinski definition) is 1. The molecule has 0 atom stereocenters. The first-order chi connectivity index (χ1) is 10.6. The third-order valence-electron chi connectivity index (χ3n) is 3.45. The van der Waals surface area contributed by atoms with Gasteiger partial charge in [-0.25, -0.2) is 18.6 Å². The number of nitrogens with one attached hydrogen (secondary N) is 1. The Morgan fingerprint density at radius 2 is 1.77 bits per heavy atom. The van der Waals surface area contributed by atoms with Crippen LogP contribution in [0.5, 0.6) is 0 Å². The lowest BCUT2D eigenvalue weighted by Gasteiger charge is -2.13. The quantitative estimate of drug-likeness (QED) is 0.908. The number of hydrazone groups is 1. The Kier molecular flexibility index (Phi) is 3.66. The predicted molar refractivity (Wildman–Crippen MR) is 75.7 cm³/mol. The van der Waals surface area contributed by atoms with E-state index in [9.17, 15) is 18.0 Å². The van der Waals surface area contributed by atoms with Gasteiger partial charge in [0.25, 0.3) is 0 Å². The molecule has 0 saturated heterocycles. The van der Waals surface area contributed by atoms with E-state index >= 15 is 0 Å². The number of carbonyl (C=O) groups is 1. The molecule has 112 valence electrons. The fraction of sp³-hybridized carbons (Fsp3) is 0.125. The molecule has 0 fully saturated rings. The van der Waals surface area contributed by atoms with E-state index in [2.05, 4.69) is 10.5 Å². The number of rotatable bonds is 2. The zero-order valence-electron chi connectivity index (χ0n) is 11.4. The monoisotopic (exact) mass is 304 g/mol. The molecule has 0 unspecified atom stereocenters. The van der Waals surface area contributed by atoms with Gasteiger partial charge in [-0.3, -0.25) is 4.79 Å². The fourth-order valence-electron chi connectivity index (χ4n) is 2.31. The highest BCUT2D eigenvalue weighted by atomic mass is 19.2. The van der Waals surface area contributed by atoms with Crippen molar-refractivity contribution in [1.29, 1.82) is 0 Å². The molecule has 1 aliphatic heterocycles. The summed E-state index contributed by atoms with van der Waals surface area (Å²) < 4.78 is 41.2. The average Bonchev–Trinajstić information content (AvgIpc) is 2.51. The van der Waals surface area contributed by atoms with Crippen molar-refractivity contribution in [2.75, 3.05) is 0 Å². The molecule has 0 aliphatic carbocycles. The summed E-state index contributed by atoms with van der Waals surface area (Å²) in [7, 11) is 0. The summed E-state index contributed by atoms with van der Waals surface area (Å²) in [5.74, 6) is -2.99. The van der Waals surface area contributed by atoms with E-state index in [1.807, 2.05) is 0 Å². The molecule has 0 spiro atoms. The maximum atomic E-state index is 14.2. The van der Waals surface area contributed by atoms with Crippen molar-refractivity contribution in [3.8, 4) is 11.1 Å². The third kappa shape index (κ3) is 2.59. The molecular formula is C16H11F3N2O. The van der Waals surface area contributed by atoms with Crippen LogP contribution in [0.4, 0.5) is 13.2 Å². The van der Waals surface area contributed by atoms with Gasteiger partial charge in [-0.15, -0.1) is 0 Å². The maximum Gasteiger partial charge on any atom is 0.240 e. The molecule has 0 saturated carbocycles. The van der Waals surface area contributed by atoms with Gasteiger partial charge >= 0.3 is 0 Å². The summed E-state index contributed by atoms with van der Waals surface area (Å²) in [5.41, 5.74) is 3.21. The molecule has 0 aromatic heterocycles. The van der Waals surface area contributed by atoms with E-state index in [1.165, 1.54) is 24.3 Å². The lowest BCUT2D eigenvalue weighted by atomic mass is 9.99. The van der Waals surface area contributed by atoms with E-state index in [1.54, 1.807) is 6.07 Å². The minimum Gasteiger partial charge on any atom is -0.273 e. The molecule has 1 aliphatic rings. The van der Waals surface area contributed by atoms with Gasteiger partial charge in [0.15, 0.2) is 11.6 Å². The number of amides is 1. The van der Waals surface area contributed by atoms with Gasteiger partial charge in [0.2, 0.25) is 5.91 Å². The number of carbonyl (C=O) groups excluding carboxylic acids is 1. The lowest BCUT2D eigenvalue weighted by molar-refractivity contribution is -0.121. The van der Waals surface area contributed by atoms with E-state index < -0.39 is 17.5 Å².